The predicted molar refractivity (Wildman–Crippen MR) is 110 cm³/mol. The van der Waals surface area contributed by atoms with Crippen molar-refractivity contribution in [2.45, 2.75) is 26.3 Å². The molecule has 1 aliphatic carbocycles. The standard InChI is InChI=1S/C20H19N3O2S2/c1-12(24)21-10-16-7-8-18(27-16)17-11-26-20(23-17)14-3-2-4-15(9-14)22-19(25)13-5-6-13/h2-4,7-9,11,13H,5-6,10H2,1H3,(H,21,24)(H,22,25). The SMILES string of the molecule is CC(=O)NCc1ccc(-c2csc(-c3cccc(NC(=O)C4CC4)c3)n2)s1. The van der Waals surface area contributed by atoms with E-state index < -0.39 is 0 Å². The van der Waals surface area contributed by atoms with Gasteiger partial charge in [0.1, 0.15) is 5.01 Å². The molecule has 2 heterocycles. The Labute approximate surface area is 165 Å². The number of carbonyl (C=O) groups excluding carboxylic acids is 2. The number of carbonyl (C=O) groups is 2. The summed E-state index contributed by atoms with van der Waals surface area (Å²) in [4.78, 5) is 29.9. The highest BCUT2D eigenvalue weighted by atomic mass is 32.1. The molecule has 0 aliphatic heterocycles. The minimum atomic E-state index is -0.0328. The highest BCUT2D eigenvalue weighted by Gasteiger charge is 2.29. The van der Waals surface area contributed by atoms with Crippen LogP contribution in [0.3, 0.4) is 0 Å². The maximum absolute atomic E-state index is 12.0. The first-order valence-electron chi connectivity index (χ1n) is 8.79. The highest BCUT2D eigenvalue weighted by molar-refractivity contribution is 7.16. The lowest BCUT2D eigenvalue weighted by Crippen LogP contribution is -2.17. The Kier molecular flexibility index (Phi) is 5.05. The molecule has 1 saturated carbocycles. The lowest BCUT2D eigenvalue weighted by Gasteiger charge is -2.05. The van der Waals surface area contributed by atoms with Crippen LogP contribution in [0.1, 0.15) is 24.6 Å². The van der Waals surface area contributed by atoms with Crippen LogP contribution in [0.4, 0.5) is 5.69 Å². The van der Waals surface area contributed by atoms with Crippen LogP contribution in [-0.2, 0) is 16.1 Å². The number of amides is 2. The van der Waals surface area contributed by atoms with Gasteiger partial charge in [0.2, 0.25) is 11.8 Å². The molecular formula is C20H19N3O2S2. The number of benzene rings is 1. The van der Waals surface area contributed by atoms with Gasteiger partial charge in [-0.2, -0.15) is 0 Å². The summed E-state index contributed by atoms with van der Waals surface area (Å²) >= 11 is 3.21. The van der Waals surface area contributed by atoms with Crippen molar-refractivity contribution in [2.24, 2.45) is 5.92 Å². The largest absolute Gasteiger partial charge is 0.351 e. The summed E-state index contributed by atoms with van der Waals surface area (Å²) in [6.45, 7) is 2.06. The van der Waals surface area contributed by atoms with E-state index in [-0.39, 0.29) is 17.7 Å². The highest BCUT2D eigenvalue weighted by Crippen LogP contribution is 2.34. The number of anilines is 1. The van der Waals surface area contributed by atoms with Crippen molar-refractivity contribution in [1.29, 1.82) is 0 Å². The Bertz CT molecular complexity index is 989. The average Bonchev–Trinajstić information content (AvgIpc) is 3.20. The third-order valence-electron chi connectivity index (χ3n) is 4.26. The monoisotopic (exact) mass is 397 g/mol. The van der Waals surface area contributed by atoms with Gasteiger partial charge in [0.25, 0.3) is 0 Å². The molecule has 1 aliphatic rings. The number of rotatable bonds is 6. The van der Waals surface area contributed by atoms with Crippen molar-refractivity contribution in [3.63, 3.8) is 0 Å². The summed E-state index contributed by atoms with van der Waals surface area (Å²) in [6, 6.07) is 11.9. The number of thiophene rings is 1. The molecule has 2 N–H and O–H groups in total. The number of hydrogen-bond acceptors (Lipinski definition) is 5. The number of nitrogens with zero attached hydrogens (tertiary/aromatic N) is 1. The first kappa shape index (κ1) is 17.9. The lowest BCUT2D eigenvalue weighted by molar-refractivity contribution is -0.119. The molecule has 27 heavy (non-hydrogen) atoms. The van der Waals surface area contributed by atoms with E-state index >= 15 is 0 Å². The number of hydrogen-bond donors (Lipinski definition) is 2. The van der Waals surface area contributed by atoms with Crippen molar-refractivity contribution in [2.75, 3.05) is 5.32 Å². The minimum absolute atomic E-state index is 0.0328. The van der Waals surface area contributed by atoms with Gasteiger partial charge in [-0.25, -0.2) is 4.98 Å². The van der Waals surface area contributed by atoms with Crippen molar-refractivity contribution in [3.05, 3.63) is 46.7 Å². The van der Waals surface area contributed by atoms with Crippen molar-refractivity contribution in [1.82, 2.24) is 10.3 Å². The Morgan fingerprint density at radius 2 is 2.07 bits per heavy atom. The Balaban J connectivity index is 1.49. The summed E-state index contributed by atoms with van der Waals surface area (Å²) in [5, 5.41) is 8.76. The van der Waals surface area contributed by atoms with E-state index in [2.05, 4.69) is 10.6 Å². The quantitative estimate of drug-likeness (QED) is 0.642. The van der Waals surface area contributed by atoms with Crippen LogP contribution in [0.25, 0.3) is 21.1 Å². The summed E-state index contributed by atoms with van der Waals surface area (Å²) in [5.41, 5.74) is 2.74. The molecule has 4 rings (SSSR count). The van der Waals surface area contributed by atoms with Gasteiger partial charge >= 0.3 is 0 Å². The third kappa shape index (κ3) is 4.43. The van der Waals surface area contributed by atoms with Gasteiger partial charge in [0, 0.05) is 34.3 Å². The Hall–Kier alpha value is -2.51. The summed E-state index contributed by atoms with van der Waals surface area (Å²) < 4.78 is 0. The second-order valence-electron chi connectivity index (χ2n) is 6.56. The van der Waals surface area contributed by atoms with E-state index in [0.717, 1.165) is 44.5 Å². The van der Waals surface area contributed by atoms with Crippen LogP contribution in [0.2, 0.25) is 0 Å². The molecule has 0 radical (unpaired) electrons. The molecule has 0 unspecified atom stereocenters. The van der Waals surface area contributed by atoms with E-state index in [1.54, 1.807) is 22.7 Å². The first-order valence-corrected chi connectivity index (χ1v) is 10.5. The van der Waals surface area contributed by atoms with Gasteiger partial charge in [0.05, 0.1) is 17.1 Å². The van der Waals surface area contributed by atoms with E-state index in [1.165, 1.54) is 6.92 Å². The zero-order valence-electron chi connectivity index (χ0n) is 14.8. The zero-order chi connectivity index (χ0) is 18.8. The molecule has 1 fully saturated rings. The van der Waals surface area contributed by atoms with Crippen LogP contribution in [0.5, 0.6) is 0 Å². The Morgan fingerprint density at radius 3 is 2.85 bits per heavy atom. The van der Waals surface area contributed by atoms with Gasteiger partial charge in [0.15, 0.2) is 0 Å². The normalized spacial score (nSPS) is 13.4. The second-order valence-corrected chi connectivity index (χ2v) is 8.58. The second kappa shape index (κ2) is 7.62. The fourth-order valence-corrected chi connectivity index (χ4v) is 4.46. The fraction of sp³-hybridized carbons (Fsp3) is 0.250. The molecule has 0 bridgehead atoms. The Morgan fingerprint density at radius 1 is 1.22 bits per heavy atom. The van der Waals surface area contributed by atoms with Gasteiger partial charge in [-0.05, 0) is 37.1 Å². The molecule has 1 aromatic carbocycles. The van der Waals surface area contributed by atoms with Gasteiger partial charge in [-0.1, -0.05) is 12.1 Å². The molecular weight excluding hydrogens is 378 g/mol. The minimum Gasteiger partial charge on any atom is -0.351 e. The molecule has 0 atom stereocenters. The molecule has 0 spiro atoms. The molecule has 2 aromatic heterocycles. The molecule has 7 heteroatoms. The third-order valence-corrected chi connectivity index (χ3v) is 6.25. The molecule has 2 amide bonds. The van der Waals surface area contributed by atoms with Gasteiger partial charge in [-0.3, -0.25) is 9.59 Å². The molecule has 3 aromatic rings. The number of thiazole rings is 1. The van der Waals surface area contributed by atoms with E-state index in [0.29, 0.717) is 6.54 Å². The van der Waals surface area contributed by atoms with Crippen LogP contribution < -0.4 is 10.6 Å². The molecule has 0 saturated heterocycles. The van der Waals surface area contributed by atoms with Crippen LogP contribution in [0, 0.1) is 5.92 Å². The smallest absolute Gasteiger partial charge is 0.227 e. The average molecular weight is 398 g/mol. The van der Waals surface area contributed by atoms with Crippen molar-refractivity contribution >= 4 is 40.2 Å². The fourth-order valence-electron chi connectivity index (χ4n) is 2.66. The topological polar surface area (TPSA) is 71.1 Å². The maximum Gasteiger partial charge on any atom is 0.227 e. The number of aromatic nitrogens is 1. The van der Waals surface area contributed by atoms with Crippen LogP contribution in [-0.4, -0.2) is 16.8 Å². The van der Waals surface area contributed by atoms with Gasteiger partial charge < -0.3 is 10.6 Å². The predicted octanol–water partition coefficient (Wildman–Crippen LogP) is 4.52. The van der Waals surface area contributed by atoms with E-state index in [4.69, 9.17) is 4.98 Å². The lowest BCUT2D eigenvalue weighted by atomic mass is 10.2. The van der Waals surface area contributed by atoms with E-state index in [9.17, 15) is 9.59 Å². The summed E-state index contributed by atoms with van der Waals surface area (Å²) in [6.07, 6.45) is 1.98. The van der Waals surface area contributed by atoms with E-state index in [1.807, 2.05) is 41.8 Å². The van der Waals surface area contributed by atoms with Gasteiger partial charge in [-0.15, -0.1) is 22.7 Å². The maximum atomic E-state index is 12.0. The molecule has 5 nitrogen and oxygen atoms in total. The van der Waals surface area contributed by atoms with Crippen molar-refractivity contribution < 1.29 is 9.59 Å². The van der Waals surface area contributed by atoms with Crippen molar-refractivity contribution in [3.8, 4) is 21.1 Å². The summed E-state index contributed by atoms with van der Waals surface area (Å²) in [5.74, 6) is 0.262. The zero-order valence-corrected chi connectivity index (χ0v) is 16.5. The van der Waals surface area contributed by atoms with Crippen LogP contribution in [0.15, 0.2) is 41.8 Å². The van der Waals surface area contributed by atoms with Crippen LogP contribution >= 0.6 is 22.7 Å². The first-order chi connectivity index (χ1) is 13.1. The molecule has 138 valence electrons. The number of nitrogens with one attached hydrogen (secondary N) is 2. The summed E-state index contributed by atoms with van der Waals surface area (Å²) in [7, 11) is 0.